The molecule has 0 aliphatic carbocycles. The van der Waals surface area contributed by atoms with Crippen molar-refractivity contribution in [2.75, 3.05) is 0 Å². The van der Waals surface area contributed by atoms with Gasteiger partial charge in [0.2, 0.25) is 5.76 Å². The van der Waals surface area contributed by atoms with Crippen LogP contribution in [0.5, 0.6) is 0 Å². The predicted octanol–water partition coefficient (Wildman–Crippen LogP) is 6.66. The first-order valence-corrected chi connectivity index (χ1v) is 9.47. The van der Waals surface area contributed by atoms with E-state index in [9.17, 15) is 4.79 Å². The lowest BCUT2D eigenvalue weighted by molar-refractivity contribution is -0.135. The molecule has 0 aromatic rings. The fourth-order valence-electron chi connectivity index (χ4n) is 2.29. The number of rotatable bonds is 15. The van der Waals surface area contributed by atoms with Gasteiger partial charge in [-0.05, 0) is 18.9 Å². The van der Waals surface area contributed by atoms with Crippen molar-refractivity contribution >= 4 is 5.97 Å². The van der Waals surface area contributed by atoms with E-state index in [1.54, 1.807) is 12.2 Å². The van der Waals surface area contributed by atoms with Gasteiger partial charge in [0, 0.05) is 0 Å². The Morgan fingerprint density at radius 2 is 1.16 bits per heavy atom. The first kappa shape index (κ1) is 23.0. The normalized spacial score (nSPS) is 13.1. The number of carboxylic acids is 1. The molecule has 0 aliphatic rings. The van der Waals surface area contributed by atoms with Gasteiger partial charge >= 0.3 is 5.97 Å². The molecule has 0 rings (SSSR count). The van der Waals surface area contributed by atoms with Crippen LogP contribution in [0.2, 0.25) is 0 Å². The molecule has 0 saturated carbocycles. The van der Waals surface area contributed by atoms with Crippen LogP contribution in [0.1, 0.15) is 71.1 Å². The zero-order valence-electron chi connectivity index (χ0n) is 15.6. The van der Waals surface area contributed by atoms with E-state index in [4.69, 9.17) is 10.2 Å². The lowest BCUT2D eigenvalue weighted by Gasteiger charge is -2.00. The first-order valence-electron chi connectivity index (χ1n) is 9.47. The van der Waals surface area contributed by atoms with Crippen molar-refractivity contribution in [3.63, 3.8) is 0 Å². The maximum Gasteiger partial charge on any atom is 0.370 e. The molecule has 3 nitrogen and oxygen atoms in total. The standard InChI is InChI=1S/C22H34O3/c1-2-3-4-5-6-7-8-9-10-11-12-13-14-15-16-17-18-19-20-21(23)22(24)25/h12-20,23H,2-11H2,1H3,(H,24,25)/b13-12+,15-14+,17-16+,19-18+,21-20-. The topological polar surface area (TPSA) is 57.5 Å². The molecule has 0 unspecified atom stereocenters. The second kappa shape index (κ2) is 18.3. The average Bonchev–Trinajstić information content (AvgIpc) is 2.60. The van der Waals surface area contributed by atoms with Gasteiger partial charge in [-0.25, -0.2) is 4.79 Å². The highest BCUT2D eigenvalue weighted by atomic mass is 16.4. The van der Waals surface area contributed by atoms with Gasteiger partial charge in [0.1, 0.15) is 0 Å². The molecule has 2 N–H and O–H groups in total. The number of aliphatic carboxylic acids is 1. The van der Waals surface area contributed by atoms with E-state index in [-0.39, 0.29) is 0 Å². The van der Waals surface area contributed by atoms with Crippen LogP contribution in [0.15, 0.2) is 60.4 Å². The summed E-state index contributed by atoms with van der Waals surface area (Å²) in [4.78, 5) is 10.3. The van der Waals surface area contributed by atoms with Gasteiger partial charge in [-0.1, -0.05) is 107 Å². The highest BCUT2D eigenvalue weighted by molar-refractivity contribution is 5.83. The highest BCUT2D eigenvalue weighted by Crippen LogP contribution is 2.10. The molecule has 0 saturated heterocycles. The van der Waals surface area contributed by atoms with Crippen LogP contribution < -0.4 is 0 Å². The Labute approximate surface area is 153 Å². The third kappa shape index (κ3) is 18.2. The van der Waals surface area contributed by atoms with Crippen molar-refractivity contribution < 1.29 is 15.0 Å². The number of carbonyl (C=O) groups is 1. The quantitative estimate of drug-likeness (QED) is 0.151. The molecule has 0 fully saturated rings. The van der Waals surface area contributed by atoms with Crippen molar-refractivity contribution in [1.29, 1.82) is 0 Å². The second-order valence-corrected chi connectivity index (χ2v) is 6.06. The summed E-state index contributed by atoms with van der Waals surface area (Å²) in [5, 5.41) is 17.4. The Kier molecular flexibility index (Phi) is 16.8. The van der Waals surface area contributed by atoms with Gasteiger partial charge in [-0.15, -0.1) is 0 Å². The Balaban J connectivity index is 3.54. The summed E-state index contributed by atoms with van der Waals surface area (Å²) in [5.41, 5.74) is 0. The molecule has 0 radical (unpaired) electrons. The number of aliphatic hydroxyl groups is 1. The van der Waals surface area contributed by atoms with Gasteiger partial charge in [-0.3, -0.25) is 0 Å². The van der Waals surface area contributed by atoms with E-state index in [1.807, 2.05) is 18.2 Å². The largest absolute Gasteiger partial charge is 0.502 e. The Hall–Kier alpha value is -2.03. The molecule has 0 aromatic carbocycles. The highest BCUT2D eigenvalue weighted by Gasteiger charge is 1.99. The zero-order valence-corrected chi connectivity index (χ0v) is 15.6. The zero-order chi connectivity index (χ0) is 18.6. The van der Waals surface area contributed by atoms with Crippen molar-refractivity contribution in [3.05, 3.63) is 60.4 Å². The lowest BCUT2D eigenvalue weighted by Crippen LogP contribution is -1.97. The summed E-state index contributed by atoms with van der Waals surface area (Å²) in [6, 6.07) is 0. The summed E-state index contributed by atoms with van der Waals surface area (Å²) in [6.45, 7) is 2.26. The number of hydrogen-bond acceptors (Lipinski definition) is 2. The summed E-state index contributed by atoms with van der Waals surface area (Å²) >= 11 is 0. The van der Waals surface area contributed by atoms with Crippen LogP contribution in [-0.2, 0) is 4.79 Å². The average molecular weight is 347 g/mol. The molecule has 0 spiro atoms. The molecular formula is C22H34O3. The molecule has 0 bridgehead atoms. The molecule has 0 amide bonds. The van der Waals surface area contributed by atoms with E-state index in [0.29, 0.717) is 0 Å². The SMILES string of the molecule is CCCCCCCCCCC/C=C/C=C/C=C/C=C/C=C(\O)C(=O)O. The fourth-order valence-corrected chi connectivity index (χ4v) is 2.29. The molecule has 140 valence electrons. The lowest BCUT2D eigenvalue weighted by atomic mass is 10.1. The first-order chi connectivity index (χ1) is 12.2. The van der Waals surface area contributed by atoms with Gasteiger partial charge < -0.3 is 10.2 Å². The Morgan fingerprint density at radius 3 is 1.72 bits per heavy atom. The van der Waals surface area contributed by atoms with Crippen molar-refractivity contribution in [1.82, 2.24) is 0 Å². The van der Waals surface area contributed by atoms with Crippen molar-refractivity contribution in [2.24, 2.45) is 0 Å². The second-order valence-electron chi connectivity index (χ2n) is 6.06. The van der Waals surface area contributed by atoms with Gasteiger partial charge in [0.05, 0.1) is 0 Å². The number of aliphatic hydroxyl groups excluding tert-OH is 1. The van der Waals surface area contributed by atoms with E-state index in [1.165, 1.54) is 63.9 Å². The third-order valence-corrected chi connectivity index (χ3v) is 3.75. The number of unbranched alkanes of at least 4 members (excludes halogenated alkanes) is 9. The summed E-state index contributed by atoms with van der Waals surface area (Å²) in [5.74, 6) is -2.00. The molecule has 25 heavy (non-hydrogen) atoms. The molecule has 0 atom stereocenters. The molecular weight excluding hydrogens is 312 g/mol. The summed E-state index contributed by atoms with van der Waals surface area (Å²) in [7, 11) is 0. The van der Waals surface area contributed by atoms with E-state index in [2.05, 4.69) is 19.1 Å². The monoisotopic (exact) mass is 346 g/mol. The van der Waals surface area contributed by atoms with Gasteiger partial charge in [0.15, 0.2) is 0 Å². The van der Waals surface area contributed by atoms with E-state index in [0.717, 1.165) is 12.5 Å². The van der Waals surface area contributed by atoms with Crippen LogP contribution in [-0.4, -0.2) is 16.2 Å². The maximum atomic E-state index is 10.3. The van der Waals surface area contributed by atoms with E-state index < -0.39 is 11.7 Å². The van der Waals surface area contributed by atoms with Gasteiger partial charge in [-0.2, -0.15) is 0 Å². The van der Waals surface area contributed by atoms with Crippen molar-refractivity contribution in [2.45, 2.75) is 71.1 Å². The smallest absolute Gasteiger partial charge is 0.370 e. The Bertz CT molecular complexity index is 468. The Morgan fingerprint density at radius 1 is 0.680 bits per heavy atom. The van der Waals surface area contributed by atoms with Crippen molar-refractivity contribution in [3.8, 4) is 0 Å². The van der Waals surface area contributed by atoms with E-state index >= 15 is 0 Å². The molecule has 0 heterocycles. The number of allylic oxidation sites excluding steroid dienone is 9. The third-order valence-electron chi connectivity index (χ3n) is 3.75. The summed E-state index contributed by atoms with van der Waals surface area (Å²) in [6.07, 6.45) is 29.4. The van der Waals surface area contributed by atoms with Crippen LogP contribution in [0.25, 0.3) is 0 Å². The van der Waals surface area contributed by atoms with Crippen LogP contribution in [0.4, 0.5) is 0 Å². The van der Waals surface area contributed by atoms with Crippen LogP contribution in [0, 0.1) is 0 Å². The molecule has 3 heteroatoms. The summed E-state index contributed by atoms with van der Waals surface area (Å²) < 4.78 is 0. The number of carboxylic acid groups (broad SMARTS) is 1. The minimum absolute atomic E-state index is 0.667. The predicted molar refractivity (Wildman–Crippen MR) is 107 cm³/mol. The van der Waals surface area contributed by atoms with Crippen LogP contribution in [0.3, 0.4) is 0 Å². The minimum Gasteiger partial charge on any atom is -0.502 e. The van der Waals surface area contributed by atoms with Crippen LogP contribution >= 0.6 is 0 Å². The minimum atomic E-state index is -1.33. The fraction of sp³-hybridized carbons (Fsp3) is 0.500. The molecule has 0 aliphatic heterocycles. The number of hydrogen-bond donors (Lipinski definition) is 2. The maximum absolute atomic E-state index is 10.3. The van der Waals surface area contributed by atoms with Gasteiger partial charge in [0.25, 0.3) is 0 Å². The molecule has 0 aromatic heterocycles.